The third-order valence-corrected chi connectivity index (χ3v) is 2.88. The molecule has 0 rings (SSSR count). The Balaban J connectivity index is 4.55. The highest BCUT2D eigenvalue weighted by atomic mass is 31.2. The van der Waals surface area contributed by atoms with Crippen molar-refractivity contribution < 1.29 is 13.3 Å². The van der Waals surface area contributed by atoms with Crippen LogP contribution in [0.5, 0.6) is 0 Å². The van der Waals surface area contributed by atoms with Gasteiger partial charge in [0.1, 0.15) is 5.84 Å². The highest BCUT2D eigenvalue weighted by molar-refractivity contribution is 7.52. The molecule has 0 aromatic heterocycles. The minimum atomic E-state index is -4.28. The summed E-state index contributed by atoms with van der Waals surface area (Å²) in [6.07, 6.45) is 0. The molecule has 0 aromatic rings. The molecule has 0 aliphatic rings. The lowest BCUT2D eigenvalue weighted by Crippen LogP contribution is -2.28. The Kier molecular flexibility index (Phi) is 5.96. The number of hydrogen-bond acceptors (Lipinski definition) is 2. The van der Waals surface area contributed by atoms with E-state index in [1.54, 1.807) is 13.8 Å². The van der Waals surface area contributed by atoms with Crippen molar-refractivity contribution in [3.63, 3.8) is 0 Å². The maximum absolute atomic E-state index is 13.1. The lowest BCUT2D eigenvalue weighted by atomic mass is 10.5. The van der Waals surface area contributed by atoms with Crippen LogP contribution in [-0.2, 0) is 9.09 Å². The predicted molar refractivity (Wildman–Crippen MR) is 56.4 cm³/mol. The van der Waals surface area contributed by atoms with Crippen molar-refractivity contribution in [2.24, 2.45) is 4.76 Å². The third kappa shape index (κ3) is 4.72. The van der Waals surface area contributed by atoms with Crippen molar-refractivity contribution in [2.45, 2.75) is 27.7 Å². The summed E-state index contributed by atoms with van der Waals surface area (Å²) in [5.74, 6) is 0.411. The first kappa shape index (κ1) is 13.6. The number of hydrogen-bond donors (Lipinski definition) is 0. The van der Waals surface area contributed by atoms with Gasteiger partial charge in [0.25, 0.3) is 0 Å². The van der Waals surface area contributed by atoms with Crippen LogP contribution < -0.4 is 0 Å². The zero-order chi connectivity index (χ0) is 11.2. The van der Waals surface area contributed by atoms with E-state index >= 15 is 0 Å². The summed E-state index contributed by atoms with van der Waals surface area (Å²) in [5.41, 5.74) is 0. The van der Waals surface area contributed by atoms with Gasteiger partial charge in [-0.15, -0.1) is 4.20 Å². The Morgan fingerprint density at radius 2 is 1.93 bits per heavy atom. The lowest BCUT2D eigenvalue weighted by molar-refractivity contribution is 0.304. The van der Waals surface area contributed by atoms with Gasteiger partial charge in [0, 0.05) is 13.1 Å². The van der Waals surface area contributed by atoms with E-state index in [1.165, 1.54) is 0 Å². The van der Waals surface area contributed by atoms with Crippen molar-refractivity contribution in [3.8, 4) is 0 Å². The van der Waals surface area contributed by atoms with E-state index in [4.69, 9.17) is 0 Å². The van der Waals surface area contributed by atoms with Gasteiger partial charge in [-0.05, 0) is 27.7 Å². The fourth-order valence-corrected chi connectivity index (χ4v) is 1.95. The average molecular weight is 224 g/mol. The van der Waals surface area contributed by atoms with Crippen molar-refractivity contribution in [2.75, 3.05) is 19.7 Å². The topological polar surface area (TPSA) is 41.9 Å². The smallest absolute Gasteiger partial charge is 0.361 e. The zero-order valence-electron chi connectivity index (χ0n) is 9.16. The molecule has 0 aromatic carbocycles. The van der Waals surface area contributed by atoms with Crippen molar-refractivity contribution >= 4 is 13.7 Å². The summed E-state index contributed by atoms with van der Waals surface area (Å²) in [6.45, 7) is 8.52. The van der Waals surface area contributed by atoms with Crippen LogP contribution >= 0.6 is 7.83 Å². The molecule has 0 heterocycles. The highest BCUT2D eigenvalue weighted by Gasteiger charge is 2.21. The lowest BCUT2D eigenvalue weighted by Gasteiger charge is -2.20. The molecule has 14 heavy (non-hydrogen) atoms. The molecule has 0 amide bonds. The fraction of sp³-hybridized carbons (Fsp3) is 0.875. The second kappa shape index (κ2) is 6.14. The molecule has 0 radical (unpaired) electrons. The molecule has 0 bridgehead atoms. The second-order valence-electron chi connectivity index (χ2n) is 2.69. The fourth-order valence-electron chi connectivity index (χ4n) is 1.11. The first-order valence-electron chi connectivity index (χ1n) is 4.72. The van der Waals surface area contributed by atoms with Crippen LogP contribution in [0.3, 0.4) is 0 Å². The normalized spacial score (nSPS) is 16.5. The summed E-state index contributed by atoms with van der Waals surface area (Å²) in [4.78, 5) is 1.81. The summed E-state index contributed by atoms with van der Waals surface area (Å²) >= 11 is 0. The van der Waals surface area contributed by atoms with E-state index in [1.807, 2.05) is 18.7 Å². The molecule has 0 spiro atoms. The van der Waals surface area contributed by atoms with Crippen LogP contribution in [0.15, 0.2) is 4.76 Å². The first-order valence-corrected chi connectivity index (χ1v) is 6.19. The molecule has 0 aliphatic heterocycles. The van der Waals surface area contributed by atoms with E-state index in [9.17, 15) is 8.76 Å². The Hall–Kier alpha value is -0.410. The quantitative estimate of drug-likeness (QED) is 0.409. The minimum absolute atomic E-state index is 0.0583. The van der Waals surface area contributed by atoms with E-state index in [-0.39, 0.29) is 6.61 Å². The number of amidine groups is 1. The van der Waals surface area contributed by atoms with Gasteiger partial charge < -0.3 is 4.90 Å². The summed E-state index contributed by atoms with van der Waals surface area (Å²) in [6, 6.07) is 0. The van der Waals surface area contributed by atoms with E-state index in [0.29, 0.717) is 18.9 Å². The molecular weight excluding hydrogens is 206 g/mol. The third-order valence-electron chi connectivity index (χ3n) is 1.77. The predicted octanol–water partition coefficient (Wildman–Crippen LogP) is 2.86. The summed E-state index contributed by atoms with van der Waals surface area (Å²) in [7, 11) is -4.28. The van der Waals surface area contributed by atoms with Crippen molar-refractivity contribution in [1.29, 1.82) is 0 Å². The van der Waals surface area contributed by atoms with Crippen LogP contribution in [-0.4, -0.2) is 30.4 Å². The van der Waals surface area contributed by atoms with Crippen LogP contribution in [0.25, 0.3) is 0 Å². The molecule has 0 aliphatic carbocycles. The Bertz CT molecular complexity index is 241. The van der Waals surface area contributed by atoms with Crippen LogP contribution in [0.2, 0.25) is 0 Å². The first-order chi connectivity index (χ1) is 6.46. The zero-order valence-corrected chi connectivity index (χ0v) is 10.1. The van der Waals surface area contributed by atoms with Crippen molar-refractivity contribution in [1.82, 2.24) is 4.90 Å². The monoisotopic (exact) mass is 224 g/mol. The maximum atomic E-state index is 13.1. The standard InChI is InChI=1S/C8H18FN2O2P/c1-5-11(6-2)8(4)10-14(9,12)13-7-3/h5-7H2,1-4H3/b10-8+. The molecule has 1 unspecified atom stereocenters. The molecule has 84 valence electrons. The highest BCUT2D eigenvalue weighted by Crippen LogP contribution is 2.50. The Labute approximate surface area is 84.8 Å². The van der Waals surface area contributed by atoms with Crippen LogP contribution in [0.1, 0.15) is 27.7 Å². The summed E-state index contributed by atoms with van der Waals surface area (Å²) in [5, 5.41) is 0. The van der Waals surface area contributed by atoms with E-state index < -0.39 is 7.83 Å². The molecule has 0 saturated carbocycles. The molecule has 0 fully saturated rings. The van der Waals surface area contributed by atoms with E-state index in [0.717, 1.165) is 0 Å². The summed E-state index contributed by atoms with van der Waals surface area (Å²) < 4.78 is 32.0. The van der Waals surface area contributed by atoms with Crippen molar-refractivity contribution in [3.05, 3.63) is 0 Å². The minimum Gasteiger partial charge on any atom is -0.361 e. The molecule has 0 saturated heterocycles. The molecule has 0 N–H and O–H groups in total. The Morgan fingerprint density at radius 1 is 1.43 bits per heavy atom. The van der Waals surface area contributed by atoms with Gasteiger partial charge in [-0.3, -0.25) is 4.52 Å². The van der Waals surface area contributed by atoms with Gasteiger partial charge in [0.15, 0.2) is 0 Å². The molecule has 4 nitrogen and oxygen atoms in total. The van der Waals surface area contributed by atoms with Gasteiger partial charge in [-0.25, -0.2) is 4.57 Å². The molecule has 1 atom stereocenters. The largest absolute Gasteiger partial charge is 0.493 e. The van der Waals surface area contributed by atoms with Gasteiger partial charge >= 0.3 is 7.83 Å². The molecule has 6 heteroatoms. The number of nitrogens with zero attached hydrogens (tertiary/aromatic N) is 2. The average Bonchev–Trinajstić information content (AvgIpc) is 2.04. The van der Waals surface area contributed by atoms with Gasteiger partial charge in [-0.2, -0.15) is 4.76 Å². The number of halogens is 1. The van der Waals surface area contributed by atoms with Gasteiger partial charge in [0.2, 0.25) is 0 Å². The van der Waals surface area contributed by atoms with E-state index in [2.05, 4.69) is 9.29 Å². The van der Waals surface area contributed by atoms with Gasteiger partial charge in [-0.1, -0.05) is 0 Å². The SMILES string of the molecule is CCOP(=O)(F)/N=C(\C)N(CC)CC. The second-order valence-corrected chi connectivity index (χ2v) is 4.05. The van der Waals surface area contributed by atoms with Crippen LogP contribution in [0.4, 0.5) is 4.20 Å². The number of rotatable bonds is 5. The van der Waals surface area contributed by atoms with Crippen LogP contribution in [0, 0.1) is 0 Å². The maximum Gasteiger partial charge on any atom is 0.493 e. The Morgan fingerprint density at radius 3 is 2.29 bits per heavy atom. The molecular formula is C8H18FN2O2P. The van der Waals surface area contributed by atoms with Gasteiger partial charge in [0.05, 0.1) is 6.61 Å².